The van der Waals surface area contributed by atoms with Gasteiger partial charge in [0.2, 0.25) is 0 Å². The molecule has 108 valence electrons. The van der Waals surface area contributed by atoms with E-state index in [0.717, 1.165) is 4.90 Å². The summed E-state index contributed by atoms with van der Waals surface area (Å²) in [5, 5.41) is 0. The Morgan fingerprint density at radius 2 is 1.95 bits per heavy atom. The Hall–Kier alpha value is -1.59. The van der Waals surface area contributed by atoms with Gasteiger partial charge in [0.05, 0.1) is 6.61 Å². The molecule has 0 aromatic rings. The van der Waals surface area contributed by atoms with Gasteiger partial charge in [0, 0.05) is 13.0 Å². The van der Waals surface area contributed by atoms with Crippen LogP contribution in [0.1, 0.15) is 41.0 Å². The van der Waals surface area contributed by atoms with Crippen molar-refractivity contribution >= 4 is 17.8 Å². The van der Waals surface area contributed by atoms with Gasteiger partial charge < -0.3 is 9.47 Å². The molecule has 6 nitrogen and oxygen atoms in total. The van der Waals surface area contributed by atoms with Crippen molar-refractivity contribution in [3.05, 3.63) is 0 Å². The molecular formula is C13H21NO5. The van der Waals surface area contributed by atoms with Crippen LogP contribution in [0.5, 0.6) is 0 Å². The van der Waals surface area contributed by atoms with Crippen LogP contribution in [0.3, 0.4) is 0 Å². The molecule has 0 aromatic carbocycles. The Morgan fingerprint density at radius 1 is 1.37 bits per heavy atom. The molecule has 1 heterocycles. The van der Waals surface area contributed by atoms with E-state index in [1.165, 1.54) is 6.92 Å². The van der Waals surface area contributed by atoms with Crippen LogP contribution >= 0.6 is 0 Å². The van der Waals surface area contributed by atoms with E-state index in [0.29, 0.717) is 0 Å². The molecule has 0 saturated carbocycles. The van der Waals surface area contributed by atoms with Crippen molar-refractivity contribution in [1.29, 1.82) is 0 Å². The molecule has 1 saturated heterocycles. The van der Waals surface area contributed by atoms with E-state index in [9.17, 15) is 14.4 Å². The van der Waals surface area contributed by atoms with Crippen LogP contribution in [0.2, 0.25) is 0 Å². The third-order valence-corrected chi connectivity index (χ3v) is 2.93. The van der Waals surface area contributed by atoms with Gasteiger partial charge in [-0.3, -0.25) is 9.69 Å². The Balaban J connectivity index is 2.97. The number of esters is 1. The van der Waals surface area contributed by atoms with E-state index in [2.05, 4.69) is 0 Å². The van der Waals surface area contributed by atoms with Gasteiger partial charge in [-0.2, -0.15) is 0 Å². The fraction of sp³-hybridized carbons (Fsp3) is 0.769. The van der Waals surface area contributed by atoms with Gasteiger partial charge in [0.1, 0.15) is 5.60 Å². The number of ether oxygens (including phenoxy) is 2. The zero-order valence-corrected chi connectivity index (χ0v) is 12.1. The average Bonchev–Trinajstić information content (AvgIpc) is 2.55. The van der Waals surface area contributed by atoms with E-state index in [4.69, 9.17) is 9.47 Å². The van der Waals surface area contributed by atoms with E-state index >= 15 is 0 Å². The topological polar surface area (TPSA) is 72.9 Å². The van der Waals surface area contributed by atoms with Gasteiger partial charge in [-0.1, -0.05) is 0 Å². The minimum Gasteiger partial charge on any atom is -0.464 e. The number of carbonyl (C=O) groups excluding carboxylic acids is 3. The fourth-order valence-electron chi connectivity index (χ4n) is 1.92. The summed E-state index contributed by atoms with van der Waals surface area (Å²) in [7, 11) is 0. The maximum absolute atomic E-state index is 12.1. The maximum Gasteiger partial charge on any atom is 0.411 e. The molecule has 0 bridgehead atoms. The first kappa shape index (κ1) is 15.5. The van der Waals surface area contributed by atoms with Crippen molar-refractivity contribution in [2.45, 2.75) is 52.2 Å². The number of amides is 1. The van der Waals surface area contributed by atoms with Crippen molar-refractivity contribution in [2.24, 2.45) is 0 Å². The number of likely N-dealkylation sites (tertiary alicyclic amines) is 1. The van der Waals surface area contributed by atoms with Crippen LogP contribution in [0.25, 0.3) is 0 Å². The predicted molar refractivity (Wildman–Crippen MR) is 67.6 cm³/mol. The molecule has 0 aliphatic carbocycles. The van der Waals surface area contributed by atoms with Gasteiger partial charge in [0.15, 0.2) is 11.3 Å². The van der Waals surface area contributed by atoms with Crippen molar-refractivity contribution in [3.8, 4) is 0 Å². The van der Waals surface area contributed by atoms with Gasteiger partial charge in [-0.15, -0.1) is 0 Å². The zero-order chi connectivity index (χ0) is 14.8. The van der Waals surface area contributed by atoms with Crippen LogP contribution in [0.4, 0.5) is 4.79 Å². The smallest absolute Gasteiger partial charge is 0.411 e. The SMILES string of the molecule is CCOC(=O)[C@@]1(C)C(=O)CCN1C(=O)OC(C)(C)C. The molecule has 0 unspecified atom stereocenters. The minimum atomic E-state index is -1.57. The normalized spacial score (nSPS) is 23.4. The van der Waals surface area contributed by atoms with Crippen LogP contribution in [-0.4, -0.2) is 47.0 Å². The Morgan fingerprint density at radius 3 is 2.42 bits per heavy atom. The van der Waals surface area contributed by atoms with Crippen LogP contribution in [0, 0.1) is 0 Å². The van der Waals surface area contributed by atoms with Gasteiger partial charge >= 0.3 is 12.1 Å². The van der Waals surface area contributed by atoms with E-state index in [1.807, 2.05) is 0 Å². The number of hydrogen-bond donors (Lipinski definition) is 0. The van der Waals surface area contributed by atoms with E-state index in [-0.39, 0.29) is 25.4 Å². The average molecular weight is 271 g/mol. The Kier molecular flexibility index (Phi) is 4.22. The lowest BCUT2D eigenvalue weighted by molar-refractivity contribution is -0.157. The molecule has 1 amide bonds. The van der Waals surface area contributed by atoms with Crippen molar-refractivity contribution in [1.82, 2.24) is 4.90 Å². The number of carbonyl (C=O) groups is 3. The second-order valence-corrected chi connectivity index (χ2v) is 5.60. The first-order valence-corrected chi connectivity index (χ1v) is 6.34. The molecule has 19 heavy (non-hydrogen) atoms. The summed E-state index contributed by atoms with van der Waals surface area (Å²) in [5.41, 5.74) is -2.25. The second-order valence-electron chi connectivity index (χ2n) is 5.60. The number of nitrogens with zero attached hydrogens (tertiary/aromatic N) is 1. The third-order valence-electron chi connectivity index (χ3n) is 2.93. The quantitative estimate of drug-likeness (QED) is 0.562. The molecule has 0 N–H and O–H groups in total. The predicted octanol–water partition coefficient (Wildman–Crippen LogP) is 1.52. The lowest BCUT2D eigenvalue weighted by Crippen LogP contribution is -2.56. The number of rotatable bonds is 2. The van der Waals surface area contributed by atoms with E-state index in [1.54, 1.807) is 27.7 Å². The van der Waals surface area contributed by atoms with Crippen molar-refractivity contribution in [2.75, 3.05) is 13.2 Å². The summed E-state index contributed by atoms with van der Waals surface area (Å²) in [6.45, 7) is 8.56. The van der Waals surface area contributed by atoms with Crippen LogP contribution < -0.4 is 0 Å². The monoisotopic (exact) mass is 271 g/mol. The highest BCUT2D eigenvalue weighted by Crippen LogP contribution is 2.29. The molecule has 1 rings (SSSR count). The molecule has 1 atom stereocenters. The second kappa shape index (κ2) is 5.19. The Bertz CT molecular complexity index is 398. The lowest BCUT2D eigenvalue weighted by atomic mass is 9.98. The molecule has 1 aliphatic rings. The zero-order valence-electron chi connectivity index (χ0n) is 12.1. The standard InChI is InChI=1S/C13H21NO5/c1-6-18-10(16)13(5)9(15)7-8-14(13)11(17)19-12(2,3)4/h6-8H2,1-5H3/t13-/m1/s1. The largest absolute Gasteiger partial charge is 0.464 e. The summed E-state index contributed by atoms with van der Waals surface area (Å²) in [6, 6.07) is 0. The van der Waals surface area contributed by atoms with Crippen LogP contribution in [-0.2, 0) is 19.1 Å². The summed E-state index contributed by atoms with van der Waals surface area (Å²) in [5.74, 6) is -1.03. The molecule has 0 radical (unpaired) electrons. The highest BCUT2D eigenvalue weighted by Gasteiger charge is 2.54. The first-order valence-electron chi connectivity index (χ1n) is 6.34. The molecule has 0 aromatic heterocycles. The van der Waals surface area contributed by atoms with Crippen molar-refractivity contribution < 1.29 is 23.9 Å². The van der Waals surface area contributed by atoms with Crippen LogP contribution in [0.15, 0.2) is 0 Å². The minimum absolute atomic E-state index is 0.133. The van der Waals surface area contributed by atoms with Crippen molar-refractivity contribution in [3.63, 3.8) is 0 Å². The first-order chi connectivity index (χ1) is 8.63. The van der Waals surface area contributed by atoms with Gasteiger partial charge in [-0.05, 0) is 34.6 Å². The summed E-state index contributed by atoms with van der Waals surface area (Å²) >= 11 is 0. The summed E-state index contributed by atoms with van der Waals surface area (Å²) < 4.78 is 10.1. The highest BCUT2D eigenvalue weighted by atomic mass is 16.6. The lowest BCUT2D eigenvalue weighted by Gasteiger charge is -2.32. The Labute approximate surface area is 113 Å². The molecule has 6 heteroatoms. The third kappa shape index (κ3) is 3.05. The highest BCUT2D eigenvalue weighted by molar-refractivity contribution is 6.11. The molecular weight excluding hydrogens is 250 g/mol. The summed E-state index contributed by atoms with van der Waals surface area (Å²) in [6.07, 6.45) is -0.539. The van der Waals surface area contributed by atoms with Gasteiger partial charge in [0.25, 0.3) is 0 Å². The number of ketones is 1. The number of Topliss-reactive ketones (excluding diaryl/α,β-unsaturated/α-hetero) is 1. The van der Waals surface area contributed by atoms with Gasteiger partial charge in [-0.25, -0.2) is 9.59 Å². The number of hydrogen-bond acceptors (Lipinski definition) is 5. The molecule has 1 fully saturated rings. The molecule has 0 spiro atoms. The maximum atomic E-state index is 12.1. The molecule has 1 aliphatic heterocycles. The summed E-state index contributed by atoms with van der Waals surface area (Å²) in [4.78, 5) is 37.1. The fourth-order valence-corrected chi connectivity index (χ4v) is 1.92. The van der Waals surface area contributed by atoms with E-state index < -0.39 is 23.2 Å².